The van der Waals surface area contributed by atoms with E-state index in [0.717, 1.165) is 0 Å². The molecule has 2 N–H and O–H groups in total. The van der Waals surface area contributed by atoms with Gasteiger partial charge in [-0.3, -0.25) is 9.59 Å². The monoisotopic (exact) mass is 483 g/mol. The van der Waals surface area contributed by atoms with Gasteiger partial charge >= 0.3 is 0 Å². The van der Waals surface area contributed by atoms with E-state index in [9.17, 15) is 9.59 Å². The summed E-state index contributed by atoms with van der Waals surface area (Å²) in [5.74, 6) is 0.0913. The highest BCUT2D eigenvalue weighted by molar-refractivity contribution is 7.99. The molecule has 0 saturated carbocycles. The van der Waals surface area contributed by atoms with E-state index in [4.69, 9.17) is 34.8 Å². The number of nitrogens with zero attached hydrogens (tertiary/aromatic N) is 3. The van der Waals surface area contributed by atoms with Crippen molar-refractivity contribution in [2.75, 3.05) is 11.1 Å². The van der Waals surface area contributed by atoms with E-state index < -0.39 is 0 Å². The van der Waals surface area contributed by atoms with E-state index in [2.05, 4.69) is 20.8 Å². The molecule has 0 spiro atoms. The third kappa shape index (κ3) is 5.66. The molecule has 1 heterocycles. The molecular weight excluding hydrogens is 469 g/mol. The van der Waals surface area contributed by atoms with Gasteiger partial charge in [-0.1, -0.05) is 58.7 Å². The molecule has 0 aliphatic heterocycles. The number of carbonyl (C=O) groups is 2. The Labute approximate surface area is 192 Å². The molecule has 0 bridgehead atoms. The topological polar surface area (TPSA) is 88.9 Å². The van der Waals surface area contributed by atoms with Gasteiger partial charge in [0.25, 0.3) is 5.91 Å². The number of nitrogens with one attached hydrogen (secondary N) is 2. The second kappa shape index (κ2) is 10.2. The summed E-state index contributed by atoms with van der Waals surface area (Å²) < 4.78 is 1.71. The van der Waals surface area contributed by atoms with Crippen LogP contribution in [0.4, 0.5) is 5.69 Å². The van der Waals surface area contributed by atoms with Crippen LogP contribution in [-0.2, 0) is 18.4 Å². The lowest BCUT2D eigenvalue weighted by Gasteiger charge is -2.08. The largest absolute Gasteiger partial charge is 0.345 e. The molecule has 2 amide bonds. The summed E-state index contributed by atoms with van der Waals surface area (Å²) in [6.07, 6.45) is 0. The van der Waals surface area contributed by atoms with Crippen molar-refractivity contribution in [2.45, 2.75) is 11.7 Å². The van der Waals surface area contributed by atoms with Crippen molar-refractivity contribution < 1.29 is 9.59 Å². The molecule has 0 aliphatic carbocycles. The second-order valence-corrected chi connectivity index (χ2v) is 8.27. The Morgan fingerprint density at radius 1 is 1.07 bits per heavy atom. The second-order valence-electron chi connectivity index (χ2n) is 6.08. The van der Waals surface area contributed by atoms with Crippen molar-refractivity contribution in [1.29, 1.82) is 0 Å². The number of hydrogen-bond donors (Lipinski definition) is 2. The van der Waals surface area contributed by atoms with Gasteiger partial charge in [0.1, 0.15) is 0 Å². The molecule has 0 radical (unpaired) electrons. The highest BCUT2D eigenvalue weighted by atomic mass is 35.5. The molecular formula is C19H16Cl3N5O2S. The van der Waals surface area contributed by atoms with Gasteiger partial charge in [0.05, 0.1) is 33.6 Å². The fourth-order valence-electron chi connectivity index (χ4n) is 2.43. The highest BCUT2D eigenvalue weighted by Gasteiger charge is 2.15. The number of aromatic nitrogens is 3. The molecule has 2 aromatic carbocycles. The van der Waals surface area contributed by atoms with Crippen LogP contribution in [0, 0.1) is 0 Å². The number of amides is 2. The van der Waals surface area contributed by atoms with Crippen LogP contribution in [0.5, 0.6) is 0 Å². The van der Waals surface area contributed by atoms with Gasteiger partial charge in [-0.15, -0.1) is 10.2 Å². The SMILES string of the molecule is Cn1c(CNC(=O)c2ccccc2Cl)nnc1SCC(=O)Nc1ccc(Cl)cc1Cl. The average molecular weight is 485 g/mol. The maximum atomic E-state index is 12.3. The van der Waals surface area contributed by atoms with Crippen molar-refractivity contribution in [3.05, 3.63) is 68.9 Å². The van der Waals surface area contributed by atoms with Crippen molar-refractivity contribution in [1.82, 2.24) is 20.1 Å². The first kappa shape index (κ1) is 22.4. The summed E-state index contributed by atoms with van der Waals surface area (Å²) in [7, 11) is 1.76. The summed E-state index contributed by atoms with van der Waals surface area (Å²) in [5, 5.41) is 15.4. The summed E-state index contributed by atoms with van der Waals surface area (Å²) in [6, 6.07) is 11.6. The zero-order chi connectivity index (χ0) is 21.7. The Morgan fingerprint density at radius 3 is 2.57 bits per heavy atom. The minimum absolute atomic E-state index is 0.108. The molecule has 0 fully saturated rings. The lowest BCUT2D eigenvalue weighted by molar-refractivity contribution is -0.113. The first-order valence-electron chi connectivity index (χ1n) is 8.64. The standard InChI is InChI=1S/C19H16Cl3N5O2S/c1-27-16(9-23-18(29)12-4-2-3-5-13(12)21)25-26-19(27)30-10-17(28)24-15-7-6-11(20)8-14(15)22/h2-8H,9-10H2,1H3,(H,23,29)(H,24,28). The minimum Gasteiger partial charge on any atom is -0.345 e. The number of hydrogen-bond acceptors (Lipinski definition) is 5. The van der Waals surface area contributed by atoms with Crippen LogP contribution in [0.15, 0.2) is 47.6 Å². The van der Waals surface area contributed by atoms with E-state index >= 15 is 0 Å². The van der Waals surface area contributed by atoms with Gasteiger partial charge in [0.2, 0.25) is 5.91 Å². The van der Waals surface area contributed by atoms with Crippen molar-refractivity contribution in [3.8, 4) is 0 Å². The lowest BCUT2D eigenvalue weighted by atomic mass is 10.2. The van der Waals surface area contributed by atoms with E-state index in [0.29, 0.717) is 37.3 Å². The third-order valence-corrected chi connectivity index (χ3v) is 5.89. The molecule has 3 rings (SSSR count). The molecule has 11 heteroatoms. The molecule has 0 unspecified atom stereocenters. The van der Waals surface area contributed by atoms with Crippen molar-refractivity contribution >= 4 is 64.1 Å². The van der Waals surface area contributed by atoms with Crippen molar-refractivity contribution in [3.63, 3.8) is 0 Å². The van der Waals surface area contributed by atoms with Gasteiger partial charge < -0.3 is 15.2 Å². The van der Waals surface area contributed by atoms with Crippen LogP contribution in [0.25, 0.3) is 0 Å². The summed E-state index contributed by atoms with van der Waals surface area (Å²) in [6.45, 7) is 0.167. The Bertz CT molecular complexity index is 1090. The van der Waals surface area contributed by atoms with E-state index in [-0.39, 0.29) is 24.1 Å². The summed E-state index contributed by atoms with van der Waals surface area (Å²) >= 11 is 19.2. The Balaban J connectivity index is 1.54. The maximum Gasteiger partial charge on any atom is 0.253 e. The van der Waals surface area contributed by atoms with Gasteiger partial charge in [0, 0.05) is 12.1 Å². The molecule has 0 atom stereocenters. The molecule has 156 valence electrons. The zero-order valence-electron chi connectivity index (χ0n) is 15.7. The smallest absolute Gasteiger partial charge is 0.253 e. The van der Waals surface area contributed by atoms with Crippen LogP contribution in [0.1, 0.15) is 16.2 Å². The normalized spacial score (nSPS) is 10.7. The number of thioether (sulfide) groups is 1. The first-order valence-corrected chi connectivity index (χ1v) is 10.8. The number of rotatable bonds is 7. The average Bonchev–Trinajstić information content (AvgIpc) is 3.06. The fraction of sp³-hybridized carbons (Fsp3) is 0.158. The van der Waals surface area contributed by atoms with Crippen LogP contribution in [0.3, 0.4) is 0 Å². The molecule has 0 aliphatic rings. The van der Waals surface area contributed by atoms with E-state index in [1.807, 2.05) is 0 Å². The Hall–Kier alpha value is -2.26. The molecule has 1 aromatic heterocycles. The Kier molecular flexibility index (Phi) is 7.60. The third-order valence-electron chi connectivity index (χ3n) is 3.99. The van der Waals surface area contributed by atoms with Gasteiger partial charge in [-0.05, 0) is 30.3 Å². The summed E-state index contributed by atoms with van der Waals surface area (Å²) in [5.41, 5.74) is 0.862. The van der Waals surface area contributed by atoms with Crippen LogP contribution in [0.2, 0.25) is 15.1 Å². The van der Waals surface area contributed by atoms with Gasteiger partial charge in [-0.25, -0.2) is 0 Å². The van der Waals surface area contributed by atoms with Crippen LogP contribution < -0.4 is 10.6 Å². The van der Waals surface area contributed by atoms with Crippen LogP contribution >= 0.6 is 46.6 Å². The van der Waals surface area contributed by atoms with Crippen LogP contribution in [-0.4, -0.2) is 32.3 Å². The molecule has 7 nitrogen and oxygen atoms in total. The lowest BCUT2D eigenvalue weighted by Crippen LogP contribution is -2.24. The van der Waals surface area contributed by atoms with E-state index in [1.54, 1.807) is 54.1 Å². The van der Waals surface area contributed by atoms with Crippen molar-refractivity contribution in [2.24, 2.45) is 7.05 Å². The highest BCUT2D eigenvalue weighted by Crippen LogP contribution is 2.26. The van der Waals surface area contributed by atoms with E-state index in [1.165, 1.54) is 11.8 Å². The number of carbonyl (C=O) groups excluding carboxylic acids is 2. The first-order chi connectivity index (χ1) is 14.3. The Morgan fingerprint density at radius 2 is 1.83 bits per heavy atom. The molecule has 3 aromatic rings. The van der Waals surface area contributed by atoms with Gasteiger partial charge in [0.15, 0.2) is 11.0 Å². The predicted octanol–water partition coefficient (Wildman–Crippen LogP) is 4.44. The minimum atomic E-state index is -0.308. The summed E-state index contributed by atoms with van der Waals surface area (Å²) in [4.78, 5) is 24.5. The quantitative estimate of drug-likeness (QED) is 0.484. The van der Waals surface area contributed by atoms with Gasteiger partial charge in [-0.2, -0.15) is 0 Å². The number of anilines is 1. The molecule has 30 heavy (non-hydrogen) atoms. The molecule has 0 saturated heterocycles. The zero-order valence-corrected chi connectivity index (χ0v) is 18.7. The number of halogens is 3. The number of benzene rings is 2. The fourth-order valence-corrected chi connectivity index (χ4v) is 3.84. The predicted molar refractivity (Wildman–Crippen MR) is 119 cm³/mol. The maximum absolute atomic E-state index is 12.3.